The fourth-order valence-corrected chi connectivity index (χ4v) is 2.03. The summed E-state index contributed by atoms with van der Waals surface area (Å²) in [5, 5.41) is 14.2. The lowest BCUT2D eigenvalue weighted by Crippen LogP contribution is -2.22. The average molecular weight is 239 g/mol. The van der Waals surface area contributed by atoms with Gasteiger partial charge in [-0.25, -0.2) is 0 Å². The Morgan fingerprint density at radius 1 is 1.33 bits per heavy atom. The molecule has 0 saturated heterocycles. The van der Waals surface area contributed by atoms with E-state index in [4.69, 9.17) is 7.85 Å². The summed E-state index contributed by atoms with van der Waals surface area (Å²) < 4.78 is 0. The van der Waals surface area contributed by atoms with E-state index in [0.29, 0.717) is 18.4 Å². The van der Waals surface area contributed by atoms with E-state index in [1.807, 2.05) is 18.2 Å². The molecule has 0 atom stereocenters. The van der Waals surface area contributed by atoms with Crippen LogP contribution < -0.4 is 10.8 Å². The van der Waals surface area contributed by atoms with E-state index in [2.05, 4.69) is 5.32 Å². The Kier molecular flexibility index (Phi) is 3.56. The van der Waals surface area contributed by atoms with Crippen molar-refractivity contribution in [3.8, 4) is 5.75 Å². The number of amides is 1. The van der Waals surface area contributed by atoms with Crippen LogP contribution in [0, 0.1) is 0 Å². The van der Waals surface area contributed by atoms with E-state index >= 15 is 0 Å². The molecule has 2 aromatic rings. The van der Waals surface area contributed by atoms with E-state index in [9.17, 15) is 9.90 Å². The summed E-state index contributed by atoms with van der Waals surface area (Å²) in [7, 11) is 5.84. The molecule has 2 aromatic carbocycles. The van der Waals surface area contributed by atoms with Gasteiger partial charge in [-0.3, -0.25) is 4.79 Å². The van der Waals surface area contributed by atoms with Gasteiger partial charge in [0.05, 0.1) is 0 Å². The molecule has 0 spiro atoms. The second kappa shape index (κ2) is 5.13. The molecule has 3 nitrogen and oxygen atoms in total. The smallest absolute Gasteiger partial charge is 0.216 e. The quantitative estimate of drug-likeness (QED) is 0.785. The normalized spacial score (nSPS) is 10.5. The monoisotopic (exact) mass is 239 g/mol. The van der Waals surface area contributed by atoms with Gasteiger partial charge in [-0.1, -0.05) is 23.7 Å². The fourth-order valence-electron chi connectivity index (χ4n) is 2.03. The van der Waals surface area contributed by atoms with Gasteiger partial charge in [0.1, 0.15) is 13.6 Å². The maximum atomic E-state index is 10.8. The van der Waals surface area contributed by atoms with Gasteiger partial charge in [-0.05, 0) is 34.9 Å². The summed E-state index contributed by atoms with van der Waals surface area (Å²) in [5.74, 6) is 0.180. The number of nitrogens with one attached hydrogen (secondary N) is 1. The van der Waals surface area contributed by atoms with Crippen LogP contribution in [0.4, 0.5) is 0 Å². The first-order chi connectivity index (χ1) is 8.56. The molecule has 0 bridgehead atoms. The van der Waals surface area contributed by atoms with E-state index in [1.165, 1.54) is 6.92 Å². The highest BCUT2D eigenvalue weighted by Crippen LogP contribution is 2.22. The maximum Gasteiger partial charge on any atom is 0.216 e. The van der Waals surface area contributed by atoms with Crippen molar-refractivity contribution < 1.29 is 9.90 Å². The van der Waals surface area contributed by atoms with Gasteiger partial charge >= 0.3 is 0 Å². The van der Waals surface area contributed by atoms with Crippen LogP contribution >= 0.6 is 0 Å². The number of fused-ring (bicyclic) bond motifs is 1. The number of rotatable bonds is 3. The highest BCUT2D eigenvalue weighted by Gasteiger charge is 2.04. The first kappa shape index (κ1) is 12.5. The predicted octanol–water partition coefficient (Wildman–Crippen LogP) is 1.02. The molecule has 2 radical (unpaired) electrons. The number of hydrogen-bond donors (Lipinski definition) is 2. The van der Waals surface area contributed by atoms with Crippen molar-refractivity contribution >= 4 is 30.0 Å². The molecule has 0 heterocycles. The van der Waals surface area contributed by atoms with Crippen molar-refractivity contribution in [3.63, 3.8) is 0 Å². The van der Waals surface area contributed by atoms with Crippen LogP contribution in [0.25, 0.3) is 10.8 Å². The summed E-state index contributed by atoms with van der Waals surface area (Å²) in [6, 6.07) is 8.94. The van der Waals surface area contributed by atoms with Gasteiger partial charge < -0.3 is 10.4 Å². The molecule has 0 aliphatic rings. The number of phenols is 1. The summed E-state index contributed by atoms with van der Waals surface area (Å²) in [5.41, 5.74) is 1.71. The number of phenolic OH excluding ortho intramolecular Hbond substituents is 1. The van der Waals surface area contributed by atoms with Gasteiger partial charge in [0, 0.05) is 13.5 Å². The molecule has 0 fully saturated rings. The number of carbonyl (C=O) groups excluding carboxylic acids is 1. The molecular formula is C14H14BNO2. The van der Waals surface area contributed by atoms with Crippen molar-refractivity contribution in [2.24, 2.45) is 0 Å². The van der Waals surface area contributed by atoms with Gasteiger partial charge in [0.2, 0.25) is 5.91 Å². The molecule has 4 heteroatoms. The zero-order valence-corrected chi connectivity index (χ0v) is 10.2. The molecule has 0 aliphatic carbocycles. The molecular weight excluding hydrogens is 225 g/mol. The Morgan fingerprint density at radius 2 is 2.11 bits per heavy atom. The van der Waals surface area contributed by atoms with Crippen LogP contribution in [0.5, 0.6) is 5.75 Å². The lowest BCUT2D eigenvalue weighted by molar-refractivity contribution is -0.118. The number of carbonyl (C=O) groups is 1. The van der Waals surface area contributed by atoms with Crippen LogP contribution in [-0.4, -0.2) is 25.4 Å². The second-order valence-electron chi connectivity index (χ2n) is 4.32. The molecule has 0 aromatic heterocycles. The minimum atomic E-state index is -0.0499. The topological polar surface area (TPSA) is 49.3 Å². The molecule has 0 unspecified atom stereocenters. The van der Waals surface area contributed by atoms with Crippen molar-refractivity contribution in [3.05, 3.63) is 35.9 Å². The molecule has 1 amide bonds. The Balaban J connectivity index is 2.35. The molecule has 0 saturated carbocycles. The minimum Gasteiger partial charge on any atom is -0.508 e. The van der Waals surface area contributed by atoms with E-state index in [-0.39, 0.29) is 11.7 Å². The summed E-state index contributed by atoms with van der Waals surface area (Å²) >= 11 is 0. The second-order valence-corrected chi connectivity index (χ2v) is 4.32. The first-order valence-electron chi connectivity index (χ1n) is 5.82. The fraction of sp³-hybridized carbons (Fsp3) is 0.214. The molecule has 2 N–H and O–H groups in total. The van der Waals surface area contributed by atoms with Crippen LogP contribution in [0.15, 0.2) is 30.3 Å². The zero-order chi connectivity index (χ0) is 13.1. The van der Waals surface area contributed by atoms with Crippen LogP contribution in [0.3, 0.4) is 0 Å². The SMILES string of the molecule is [B]c1cc(CCNC(C)=O)c2cc(O)ccc2c1. The van der Waals surface area contributed by atoms with Crippen molar-refractivity contribution in [2.75, 3.05) is 6.54 Å². The van der Waals surface area contributed by atoms with Gasteiger partial charge in [0.25, 0.3) is 0 Å². The van der Waals surface area contributed by atoms with Crippen LogP contribution in [0.1, 0.15) is 12.5 Å². The first-order valence-corrected chi connectivity index (χ1v) is 5.82. The molecule has 0 aliphatic heterocycles. The maximum absolute atomic E-state index is 10.8. The zero-order valence-electron chi connectivity index (χ0n) is 10.2. The summed E-state index contributed by atoms with van der Waals surface area (Å²) in [6.07, 6.45) is 0.685. The molecule has 18 heavy (non-hydrogen) atoms. The highest BCUT2D eigenvalue weighted by molar-refractivity contribution is 6.33. The standard InChI is InChI=1S/C14H14BNO2/c1-9(17)16-5-4-11-7-12(15)6-10-2-3-13(18)8-14(10)11/h2-3,6-8,18H,4-5H2,1H3,(H,16,17). The lowest BCUT2D eigenvalue weighted by atomic mass is 9.89. The summed E-state index contributed by atoms with van der Waals surface area (Å²) in [4.78, 5) is 10.8. The number of hydrogen-bond acceptors (Lipinski definition) is 2. The average Bonchev–Trinajstić information content (AvgIpc) is 2.29. The Labute approximate surface area is 107 Å². The Hall–Kier alpha value is -1.97. The van der Waals surface area contributed by atoms with Crippen molar-refractivity contribution in [2.45, 2.75) is 13.3 Å². The minimum absolute atomic E-state index is 0.0499. The highest BCUT2D eigenvalue weighted by atomic mass is 16.3. The molecule has 2 rings (SSSR count). The predicted molar refractivity (Wildman–Crippen MR) is 73.4 cm³/mol. The van der Waals surface area contributed by atoms with Gasteiger partial charge in [-0.2, -0.15) is 0 Å². The summed E-state index contributed by atoms with van der Waals surface area (Å²) in [6.45, 7) is 2.05. The van der Waals surface area contributed by atoms with E-state index in [1.54, 1.807) is 12.1 Å². The van der Waals surface area contributed by atoms with Crippen LogP contribution in [0.2, 0.25) is 0 Å². The lowest BCUT2D eigenvalue weighted by Gasteiger charge is -2.09. The Bertz CT molecular complexity index is 596. The van der Waals surface area contributed by atoms with E-state index < -0.39 is 0 Å². The number of aromatic hydroxyl groups is 1. The van der Waals surface area contributed by atoms with Crippen LogP contribution in [-0.2, 0) is 11.2 Å². The molecule has 90 valence electrons. The Morgan fingerprint density at radius 3 is 2.83 bits per heavy atom. The third kappa shape index (κ3) is 2.83. The largest absolute Gasteiger partial charge is 0.508 e. The third-order valence-corrected chi connectivity index (χ3v) is 2.81. The van der Waals surface area contributed by atoms with Crippen molar-refractivity contribution in [1.82, 2.24) is 5.32 Å². The van der Waals surface area contributed by atoms with Gasteiger partial charge in [0.15, 0.2) is 0 Å². The number of benzene rings is 2. The van der Waals surface area contributed by atoms with Crippen molar-refractivity contribution in [1.29, 1.82) is 0 Å². The third-order valence-electron chi connectivity index (χ3n) is 2.81. The van der Waals surface area contributed by atoms with E-state index in [0.717, 1.165) is 16.3 Å². The van der Waals surface area contributed by atoms with Gasteiger partial charge in [-0.15, -0.1) is 0 Å².